The van der Waals surface area contributed by atoms with Crippen LogP contribution in [0.15, 0.2) is 18.2 Å². The van der Waals surface area contributed by atoms with E-state index in [4.69, 9.17) is 9.22 Å². The van der Waals surface area contributed by atoms with Gasteiger partial charge in [-0.25, -0.2) is 4.79 Å². The number of aliphatic hydroxyl groups is 1. The normalized spacial score (nSPS) is 17.4. The van der Waals surface area contributed by atoms with E-state index in [9.17, 15) is 15.0 Å². The van der Waals surface area contributed by atoms with Gasteiger partial charge in [-0.15, -0.1) is 0 Å². The number of phenols is 1. The fraction of sp³-hybridized carbons (Fsp3) is 0.222. The summed E-state index contributed by atoms with van der Waals surface area (Å²) in [4.78, 5) is 10.7. The van der Waals surface area contributed by atoms with Crippen LogP contribution in [0.1, 0.15) is 15.8 Å². The zero-order valence-corrected chi connectivity index (χ0v) is 7.02. The van der Waals surface area contributed by atoms with Crippen molar-refractivity contribution in [2.24, 2.45) is 0 Å². The van der Waals surface area contributed by atoms with Gasteiger partial charge in [-0.05, 0) is 17.7 Å². The topological polar surface area (TPSA) is 87.0 Å². The van der Waals surface area contributed by atoms with E-state index >= 15 is 0 Å². The molecule has 1 aromatic carbocycles. The number of carboxylic acids is 1. The Labute approximate surface area is 84.4 Å². The van der Waals surface area contributed by atoms with Gasteiger partial charge in [0, 0.05) is 0 Å². The molecule has 0 amide bonds. The molecule has 1 atom stereocenters. The predicted molar refractivity (Wildman–Crippen MR) is 47.3 cm³/mol. The van der Waals surface area contributed by atoms with E-state index in [0.717, 1.165) is 12.1 Å². The van der Waals surface area contributed by atoms with Crippen molar-refractivity contribution >= 4 is 5.97 Å². The van der Waals surface area contributed by atoms with Crippen LogP contribution in [0.5, 0.6) is 11.5 Å². The molecule has 0 saturated heterocycles. The molecule has 3 N–H and O–H groups in total. The largest absolute Gasteiger partial charge is 0.504 e. The lowest BCUT2D eigenvalue weighted by molar-refractivity contribution is -0.146. The maximum absolute atomic E-state index is 10.7. The van der Waals surface area contributed by atoms with E-state index in [0.29, 0.717) is 0 Å². The number of phenolic OH excluding ortho intramolecular Hbond substituents is 1. The SMILES string of the molecule is [2H]COc1c(O)ccc(C([2H])(O)C(=O)O)c1[2H]. The minimum absolute atomic E-state index is 0.440. The molecule has 0 aliphatic heterocycles. The lowest BCUT2D eigenvalue weighted by Crippen LogP contribution is -2.10. The van der Waals surface area contributed by atoms with Gasteiger partial charge in [0.1, 0.15) is 0 Å². The Bertz CT molecular complexity index is 447. The highest BCUT2D eigenvalue weighted by Crippen LogP contribution is 2.28. The Hall–Kier alpha value is -1.75. The van der Waals surface area contributed by atoms with E-state index in [1.165, 1.54) is 0 Å². The van der Waals surface area contributed by atoms with Gasteiger partial charge in [0.05, 0.1) is 11.2 Å². The van der Waals surface area contributed by atoms with Crippen molar-refractivity contribution in [2.45, 2.75) is 6.08 Å². The number of carbonyl (C=O) groups is 1. The molecule has 1 unspecified atom stereocenters. The van der Waals surface area contributed by atoms with E-state index in [2.05, 4.69) is 4.74 Å². The van der Waals surface area contributed by atoms with Gasteiger partial charge < -0.3 is 20.1 Å². The van der Waals surface area contributed by atoms with Crippen LogP contribution in [-0.2, 0) is 4.79 Å². The quantitative estimate of drug-likeness (QED) is 0.663. The molecule has 1 rings (SSSR count). The Morgan fingerprint density at radius 3 is 3.07 bits per heavy atom. The number of methoxy groups -OCH3 is 1. The molecule has 0 saturated carbocycles. The van der Waals surface area contributed by atoms with Crippen LogP contribution in [0.4, 0.5) is 0 Å². The van der Waals surface area contributed by atoms with Crippen LogP contribution in [0.25, 0.3) is 0 Å². The van der Waals surface area contributed by atoms with Crippen molar-refractivity contribution in [2.75, 3.05) is 7.09 Å². The van der Waals surface area contributed by atoms with Crippen molar-refractivity contribution in [3.63, 3.8) is 0 Å². The monoisotopic (exact) mass is 201 g/mol. The van der Waals surface area contributed by atoms with Crippen LogP contribution in [0, 0.1) is 0 Å². The predicted octanol–water partition coefficient (Wildman–Crippen LogP) is 0.519. The van der Waals surface area contributed by atoms with Crippen molar-refractivity contribution < 1.29 is 29.0 Å². The maximum atomic E-state index is 10.7. The van der Waals surface area contributed by atoms with Gasteiger partial charge in [0.2, 0.25) is 0 Å². The number of hydrogen-bond donors (Lipinski definition) is 3. The van der Waals surface area contributed by atoms with Crippen molar-refractivity contribution in [1.82, 2.24) is 0 Å². The molecule has 0 heterocycles. The molecule has 0 bridgehead atoms. The second-order valence-corrected chi connectivity index (χ2v) is 2.38. The number of aliphatic carboxylic acids is 1. The first-order valence-electron chi connectivity index (χ1n) is 5.24. The average Bonchev–Trinajstić information content (AvgIpc) is 2.23. The average molecular weight is 201 g/mol. The summed E-state index contributed by atoms with van der Waals surface area (Å²) >= 11 is 0. The van der Waals surface area contributed by atoms with Crippen molar-refractivity contribution in [3.8, 4) is 11.5 Å². The van der Waals surface area contributed by atoms with Gasteiger partial charge >= 0.3 is 5.97 Å². The summed E-state index contributed by atoms with van der Waals surface area (Å²) in [5, 5.41) is 27.4. The molecular weight excluding hydrogens is 188 g/mol. The highest BCUT2D eigenvalue weighted by Gasteiger charge is 2.17. The number of benzene rings is 1. The summed E-state index contributed by atoms with van der Waals surface area (Å²) in [5.74, 6) is -2.76. The maximum Gasteiger partial charge on any atom is 0.337 e. The van der Waals surface area contributed by atoms with Gasteiger partial charge in [-0.1, -0.05) is 6.07 Å². The smallest absolute Gasteiger partial charge is 0.337 e. The third-order valence-electron chi connectivity index (χ3n) is 1.49. The molecule has 5 nitrogen and oxygen atoms in total. The molecule has 14 heavy (non-hydrogen) atoms. The summed E-state index contributed by atoms with van der Waals surface area (Å²) in [6.07, 6.45) is -3.01. The van der Waals surface area contributed by atoms with E-state index in [-0.39, 0.29) is 0 Å². The molecule has 0 fully saturated rings. The summed E-state index contributed by atoms with van der Waals surface area (Å²) < 4.78 is 26.2. The van der Waals surface area contributed by atoms with Crippen molar-refractivity contribution in [3.05, 3.63) is 23.7 Å². The first-order valence-corrected chi connectivity index (χ1v) is 3.53. The Kier molecular flexibility index (Phi) is 1.89. The summed E-state index contributed by atoms with van der Waals surface area (Å²) in [7, 11) is -0.591. The van der Waals surface area contributed by atoms with Crippen LogP contribution in [-0.4, -0.2) is 28.4 Å². The molecule has 0 aliphatic rings. The lowest BCUT2D eigenvalue weighted by atomic mass is 10.1. The first-order chi connectivity index (χ1) is 7.82. The molecule has 0 aromatic heterocycles. The van der Waals surface area contributed by atoms with Crippen LogP contribution < -0.4 is 4.74 Å². The Balaban J connectivity index is 3.37. The number of aromatic hydroxyl groups is 1. The molecule has 1 aromatic rings. The number of hydrogen-bond acceptors (Lipinski definition) is 4. The zero-order chi connectivity index (χ0) is 13.2. The zero-order valence-electron chi connectivity index (χ0n) is 10.0. The van der Waals surface area contributed by atoms with Gasteiger partial charge in [0.25, 0.3) is 0 Å². The molecular formula is C9H10O5. The van der Waals surface area contributed by atoms with E-state index in [1.807, 2.05) is 0 Å². The standard InChI is InChI=1S/C9H10O5/c1-14-7-4-5(2-3-6(7)10)8(11)9(12)13/h2-4,8,10-11H,1H3,(H,12,13)/i1D,4D,8D. The molecule has 5 heteroatoms. The molecule has 0 radical (unpaired) electrons. The van der Waals surface area contributed by atoms with Crippen LogP contribution in [0.2, 0.25) is 0 Å². The summed E-state index contributed by atoms with van der Waals surface area (Å²) in [6.45, 7) is 0. The minimum atomic E-state index is -3.01. The van der Waals surface area contributed by atoms with Crippen molar-refractivity contribution in [1.29, 1.82) is 0 Å². The molecule has 0 aliphatic carbocycles. The summed E-state index contributed by atoms with van der Waals surface area (Å²) in [6, 6.07) is 1.29. The number of carboxylic acid groups (broad SMARTS) is 1. The number of rotatable bonds is 3. The Morgan fingerprint density at radius 2 is 2.50 bits per heavy atom. The highest BCUT2D eigenvalue weighted by molar-refractivity contribution is 5.74. The van der Waals surface area contributed by atoms with Crippen LogP contribution in [0.3, 0.4) is 0 Å². The number of ether oxygens (including phenoxy) is 1. The fourth-order valence-corrected chi connectivity index (χ4v) is 0.829. The second kappa shape index (κ2) is 3.97. The fourth-order valence-electron chi connectivity index (χ4n) is 0.829. The lowest BCUT2D eigenvalue weighted by Gasteiger charge is -2.08. The first kappa shape index (κ1) is 6.67. The van der Waals surface area contributed by atoms with Gasteiger partial charge in [-0.2, -0.15) is 0 Å². The second-order valence-electron chi connectivity index (χ2n) is 2.38. The summed E-state index contributed by atoms with van der Waals surface area (Å²) in [5.41, 5.74) is -0.550. The van der Waals surface area contributed by atoms with E-state index < -0.39 is 42.2 Å². The van der Waals surface area contributed by atoms with E-state index in [1.54, 1.807) is 0 Å². The minimum Gasteiger partial charge on any atom is -0.504 e. The molecule has 76 valence electrons. The molecule has 0 spiro atoms. The highest BCUT2D eigenvalue weighted by atomic mass is 16.5. The third-order valence-corrected chi connectivity index (χ3v) is 1.49. The Morgan fingerprint density at radius 1 is 1.79 bits per heavy atom. The van der Waals surface area contributed by atoms with Gasteiger partial charge in [0.15, 0.2) is 17.6 Å². The van der Waals surface area contributed by atoms with Gasteiger partial charge in [-0.3, -0.25) is 0 Å². The van der Waals surface area contributed by atoms with Crippen LogP contribution >= 0.6 is 0 Å². The third kappa shape index (κ3) is 1.94.